The zero-order valence-electron chi connectivity index (χ0n) is 31.1. The molecule has 0 radical (unpaired) electrons. The Morgan fingerprint density at radius 1 is 0.685 bits per heavy atom. The number of carboxylic acids is 1. The highest BCUT2D eigenvalue weighted by Gasteiger charge is 2.36. The van der Waals surface area contributed by atoms with E-state index in [0.29, 0.717) is 19.4 Å². The fraction of sp³-hybridized carbons (Fsp3) is 0.283. The van der Waals surface area contributed by atoms with Crippen molar-refractivity contribution in [1.29, 1.82) is 0 Å². The van der Waals surface area contributed by atoms with E-state index in [-0.39, 0.29) is 24.9 Å². The Morgan fingerprint density at radius 3 is 1.74 bits per heavy atom. The lowest BCUT2D eigenvalue weighted by Crippen LogP contribution is -2.53. The predicted molar refractivity (Wildman–Crippen MR) is 212 cm³/mol. The van der Waals surface area contributed by atoms with E-state index in [4.69, 9.17) is 4.74 Å². The number of benzene rings is 5. The van der Waals surface area contributed by atoms with Gasteiger partial charge in [-0.05, 0) is 77.6 Å². The Kier molecular flexibility index (Phi) is 12.2. The quantitative estimate of drug-likeness (QED) is 0.0603. The molecule has 0 heterocycles. The normalized spacial score (nSPS) is 13.4. The maximum atomic E-state index is 13.5. The highest BCUT2D eigenvalue weighted by molar-refractivity contribution is 5.89. The van der Waals surface area contributed by atoms with Crippen molar-refractivity contribution in [3.8, 4) is 11.1 Å². The summed E-state index contributed by atoms with van der Waals surface area (Å²) < 4.78 is 5.69. The SMILES string of the molecule is Cc1ccc(C(NCCCC[C@H](NC(=O)[C@@H](NC(=O)OCC2c3ccccc3-c3ccccc32)C(C)C)C(=O)O)(c2ccccc2)c2ccccc2)cc1. The van der Waals surface area contributed by atoms with Gasteiger partial charge in [0.2, 0.25) is 5.91 Å². The minimum Gasteiger partial charge on any atom is -0.480 e. The lowest BCUT2D eigenvalue weighted by atomic mass is 9.76. The number of nitrogens with one attached hydrogen (secondary N) is 3. The smallest absolute Gasteiger partial charge is 0.407 e. The molecule has 0 aliphatic heterocycles. The Hall–Kier alpha value is -5.73. The highest BCUT2D eigenvalue weighted by atomic mass is 16.5. The molecule has 0 fully saturated rings. The fourth-order valence-corrected chi connectivity index (χ4v) is 7.56. The van der Waals surface area contributed by atoms with Gasteiger partial charge in [0.25, 0.3) is 0 Å². The number of fused-ring (bicyclic) bond motifs is 3. The summed E-state index contributed by atoms with van der Waals surface area (Å²) in [5.41, 5.74) is 8.25. The van der Waals surface area contributed by atoms with Crippen LogP contribution < -0.4 is 16.0 Å². The zero-order chi connectivity index (χ0) is 38.1. The molecule has 5 aromatic rings. The van der Waals surface area contributed by atoms with Gasteiger partial charge in [-0.1, -0.05) is 153 Å². The summed E-state index contributed by atoms with van der Waals surface area (Å²) in [7, 11) is 0. The number of ether oxygens (including phenoxy) is 1. The van der Waals surface area contributed by atoms with E-state index in [1.54, 1.807) is 13.8 Å². The highest BCUT2D eigenvalue weighted by Crippen LogP contribution is 2.44. The van der Waals surface area contributed by atoms with Crippen LogP contribution >= 0.6 is 0 Å². The minimum absolute atomic E-state index is 0.109. The number of carbonyl (C=O) groups excluding carboxylic acids is 2. The van der Waals surface area contributed by atoms with Crippen LogP contribution in [0.25, 0.3) is 11.1 Å². The first kappa shape index (κ1) is 38.0. The first-order chi connectivity index (χ1) is 26.2. The summed E-state index contributed by atoms with van der Waals surface area (Å²) in [6.07, 6.45) is 0.715. The molecule has 6 rings (SSSR count). The number of alkyl carbamates (subject to hydrolysis) is 1. The second-order valence-corrected chi connectivity index (χ2v) is 14.4. The van der Waals surface area contributed by atoms with E-state index in [0.717, 1.165) is 38.9 Å². The summed E-state index contributed by atoms with van der Waals surface area (Å²) in [5, 5.41) is 19.3. The average molecular weight is 724 g/mol. The summed E-state index contributed by atoms with van der Waals surface area (Å²) in [4.78, 5) is 38.9. The van der Waals surface area contributed by atoms with Crippen molar-refractivity contribution in [3.63, 3.8) is 0 Å². The van der Waals surface area contributed by atoms with Crippen LogP contribution in [0.3, 0.4) is 0 Å². The molecular weight excluding hydrogens is 675 g/mol. The van der Waals surface area contributed by atoms with Gasteiger partial charge in [-0.25, -0.2) is 9.59 Å². The third-order valence-electron chi connectivity index (χ3n) is 10.4. The molecule has 0 unspecified atom stereocenters. The van der Waals surface area contributed by atoms with Crippen LogP contribution in [0.15, 0.2) is 133 Å². The molecule has 54 heavy (non-hydrogen) atoms. The van der Waals surface area contributed by atoms with Crippen LogP contribution in [0, 0.1) is 12.8 Å². The number of aliphatic carboxylic acids is 1. The first-order valence-corrected chi connectivity index (χ1v) is 18.8. The summed E-state index contributed by atoms with van der Waals surface area (Å²) in [5.74, 6) is -2.11. The molecule has 0 saturated carbocycles. The lowest BCUT2D eigenvalue weighted by molar-refractivity contribution is -0.142. The van der Waals surface area contributed by atoms with Crippen LogP contribution in [0.1, 0.15) is 72.4 Å². The van der Waals surface area contributed by atoms with E-state index < -0.39 is 35.6 Å². The van der Waals surface area contributed by atoms with Crippen molar-refractivity contribution >= 4 is 18.0 Å². The predicted octanol–water partition coefficient (Wildman–Crippen LogP) is 8.18. The van der Waals surface area contributed by atoms with Gasteiger partial charge >= 0.3 is 12.1 Å². The van der Waals surface area contributed by atoms with Gasteiger partial charge in [0.05, 0.1) is 5.54 Å². The third kappa shape index (κ3) is 8.40. The van der Waals surface area contributed by atoms with Crippen molar-refractivity contribution in [1.82, 2.24) is 16.0 Å². The van der Waals surface area contributed by atoms with Gasteiger partial charge in [-0.3, -0.25) is 10.1 Å². The zero-order valence-corrected chi connectivity index (χ0v) is 31.1. The third-order valence-corrected chi connectivity index (χ3v) is 10.4. The van der Waals surface area contributed by atoms with Crippen molar-refractivity contribution < 1.29 is 24.2 Å². The van der Waals surface area contributed by atoms with E-state index in [2.05, 4.69) is 83.5 Å². The van der Waals surface area contributed by atoms with Crippen LogP contribution in [0.5, 0.6) is 0 Å². The number of hydrogen-bond donors (Lipinski definition) is 4. The van der Waals surface area contributed by atoms with E-state index in [1.807, 2.05) is 72.8 Å². The molecule has 2 amide bonds. The molecule has 8 nitrogen and oxygen atoms in total. The molecule has 0 saturated heterocycles. The maximum Gasteiger partial charge on any atom is 0.407 e. The standard InChI is InChI=1S/C46H49N3O5/c1-31(2)42(49-45(53)54-30-40-38-22-12-10-20-36(38)37-21-11-13-23-39(37)40)43(50)48-41(44(51)52)24-14-15-29-47-46(33-16-6-4-7-17-33,34-18-8-5-9-19-34)35-27-25-32(3)26-28-35/h4-13,16-23,25-28,31,40-42,47H,14-15,24,29-30H2,1-3H3,(H,48,50)(H,49,53)(H,51,52)/t41-,42-/m0/s1. The molecule has 1 aliphatic carbocycles. The Balaban J connectivity index is 1.07. The second-order valence-electron chi connectivity index (χ2n) is 14.4. The molecule has 8 heteroatoms. The topological polar surface area (TPSA) is 117 Å². The fourth-order valence-electron chi connectivity index (χ4n) is 7.56. The van der Waals surface area contributed by atoms with Crippen molar-refractivity contribution in [2.45, 2.75) is 63.6 Å². The molecule has 0 bridgehead atoms. The molecule has 0 aromatic heterocycles. The Morgan fingerprint density at radius 2 is 1.20 bits per heavy atom. The van der Waals surface area contributed by atoms with E-state index in [1.165, 1.54) is 5.56 Å². The molecule has 2 atom stereocenters. The maximum absolute atomic E-state index is 13.5. The number of amides is 2. The minimum atomic E-state index is -1.12. The van der Waals surface area contributed by atoms with Crippen LogP contribution in [0.2, 0.25) is 0 Å². The second kappa shape index (κ2) is 17.4. The van der Waals surface area contributed by atoms with Gasteiger partial charge < -0.3 is 20.5 Å². The van der Waals surface area contributed by atoms with Crippen molar-refractivity contribution in [2.24, 2.45) is 5.92 Å². The number of aryl methyl sites for hydroxylation is 1. The van der Waals surface area contributed by atoms with Gasteiger partial charge in [0.15, 0.2) is 0 Å². The average Bonchev–Trinajstić information content (AvgIpc) is 3.51. The molecule has 5 aromatic carbocycles. The number of carbonyl (C=O) groups is 3. The van der Waals surface area contributed by atoms with Crippen molar-refractivity contribution in [3.05, 3.63) is 167 Å². The van der Waals surface area contributed by atoms with Crippen LogP contribution in [-0.4, -0.2) is 48.3 Å². The summed E-state index contributed by atoms with van der Waals surface area (Å²) in [6, 6.07) is 43.2. The Bertz CT molecular complexity index is 1950. The van der Waals surface area contributed by atoms with Crippen molar-refractivity contribution in [2.75, 3.05) is 13.2 Å². The molecular formula is C46H49N3O5. The van der Waals surface area contributed by atoms with Gasteiger partial charge in [0.1, 0.15) is 18.7 Å². The van der Waals surface area contributed by atoms with E-state index in [9.17, 15) is 19.5 Å². The van der Waals surface area contributed by atoms with E-state index >= 15 is 0 Å². The lowest BCUT2D eigenvalue weighted by Gasteiger charge is -2.37. The molecule has 0 spiro atoms. The Labute approximate surface area is 318 Å². The monoisotopic (exact) mass is 723 g/mol. The first-order valence-electron chi connectivity index (χ1n) is 18.8. The van der Waals surface area contributed by atoms with Gasteiger partial charge in [-0.2, -0.15) is 0 Å². The van der Waals surface area contributed by atoms with Crippen LogP contribution in [0.4, 0.5) is 4.79 Å². The molecule has 1 aliphatic rings. The number of rotatable bonds is 16. The molecule has 4 N–H and O–H groups in total. The van der Waals surface area contributed by atoms with Crippen LogP contribution in [-0.2, 0) is 19.9 Å². The number of unbranched alkanes of at least 4 members (excludes halogenated alkanes) is 1. The summed E-state index contributed by atoms with van der Waals surface area (Å²) in [6.45, 7) is 6.38. The number of carboxylic acid groups (broad SMARTS) is 1. The summed E-state index contributed by atoms with van der Waals surface area (Å²) >= 11 is 0. The largest absolute Gasteiger partial charge is 0.480 e. The number of hydrogen-bond acceptors (Lipinski definition) is 5. The van der Waals surface area contributed by atoms with Gasteiger partial charge in [-0.15, -0.1) is 0 Å². The molecule has 278 valence electrons. The van der Waals surface area contributed by atoms with Gasteiger partial charge in [0, 0.05) is 5.92 Å².